The highest BCUT2D eigenvalue weighted by atomic mass is 32.2. The van der Waals surface area contributed by atoms with Gasteiger partial charge in [0.1, 0.15) is 6.04 Å². The molecule has 0 bridgehead atoms. The van der Waals surface area contributed by atoms with Crippen LogP contribution in [0.3, 0.4) is 0 Å². The molecule has 0 radical (unpaired) electrons. The molecule has 0 aliphatic carbocycles. The molecule has 0 saturated carbocycles. The van der Waals surface area contributed by atoms with Crippen LogP contribution in [0.1, 0.15) is 36.5 Å². The summed E-state index contributed by atoms with van der Waals surface area (Å²) >= 11 is 1.43. The van der Waals surface area contributed by atoms with Crippen LogP contribution >= 0.6 is 11.8 Å². The van der Waals surface area contributed by atoms with Crippen molar-refractivity contribution in [2.75, 3.05) is 12.3 Å². The molecule has 3 aromatic rings. The number of unbranched alkanes of at least 4 members (excludes halogenated alkanes) is 1. The van der Waals surface area contributed by atoms with E-state index in [1.807, 2.05) is 60.7 Å². The van der Waals surface area contributed by atoms with Crippen molar-refractivity contribution in [3.8, 4) is 0 Å². The lowest BCUT2D eigenvalue weighted by Gasteiger charge is -2.31. The number of benzene rings is 3. The monoisotopic (exact) mass is 519 g/mol. The first-order valence-electron chi connectivity index (χ1n) is 12.4. The number of non-ortho nitro benzene ring substituents is 1. The van der Waals surface area contributed by atoms with E-state index < -0.39 is 11.0 Å². The second-order valence-corrected chi connectivity index (χ2v) is 9.76. The second kappa shape index (κ2) is 14.8. The molecule has 3 aromatic carbocycles. The Kier molecular flexibility index (Phi) is 11.2. The van der Waals surface area contributed by atoms with Crippen molar-refractivity contribution in [2.24, 2.45) is 0 Å². The number of amides is 2. The minimum absolute atomic E-state index is 0.0386. The molecule has 3 rings (SSSR count). The molecule has 8 heteroatoms. The van der Waals surface area contributed by atoms with Crippen LogP contribution in [0.4, 0.5) is 5.69 Å². The van der Waals surface area contributed by atoms with Gasteiger partial charge in [-0.25, -0.2) is 0 Å². The summed E-state index contributed by atoms with van der Waals surface area (Å²) in [5.74, 6) is 0.455. The largest absolute Gasteiger partial charge is 0.354 e. The summed E-state index contributed by atoms with van der Waals surface area (Å²) in [6.45, 7) is 2.97. The van der Waals surface area contributed by atoms with Gasteiger partial charge in [0.2, 0.25) is 11.8 Å². The van der Waals surface area contributed by atoms with Crippen LogP contribution in [-0.4, -0.2) is 40.0 Å². The van der Waals surface area contributed by atoms with Crippen molar-refractivity contribution in [1.29, 1.82) is 0 Å². The summed E-state index contributed by atoms with van der Waals surface area (Å²) in [4.78, 5) is 39.1. The molecule has 1 N–H and O–H groups in total. The van der Waals surface area contributed by atoms with Crippen LogP contribution in [0.15, 0.2) is 84.9 Å². The number of hydrogen-bond donors (Lipinski definition) is 1. The zero-order valence-corrected chi connectivity index (χ0v) is 21.9. The Morgan fingerprint density at radius 1 is 0.919 bits per heavy atom. The van der Waals surface area contributed by atoms with Gasteiger partial charge in [-0.3, -0.25) is 19.7 Å². The lowest BCUT2D eigenvalue weighted by Crippen LogP contribution is -2.51. The number of hydrogen-bond acceptors (Lipinski definition) is 5. The third kappa shape index (κ3) is 9.06. The van der Waals surface area contributed by atoms with Gasteiger partial charge in [0, 0.05) is 37.4 Å². The summed E-state index contributed by atoms with van der Waals surface area (Å²) in [6.07, 6.45) is 2.27. The fourth-order valence-corrected chi connectivity index (χ4v) is 4.76. The van der Waals surface area contributed by atoms with Gasteiger partial charge in [0.15, 0.2) is 0 Å². The Bertz CT molecular complexity index is 1140. The van der Waals surface area contributed by atoms with Gasteiger partial charge in [-0.1, -0.05) is 86.1 Å². The molecular formula is C29H33N3O4S. The minimum Gasteiger partial charge on any atom is -0.354 e. The number of nitrogens with one attached hydrogen (secondary N) is 1. The second-order valence-electron chi connectivity index (χ2n) is 8.77. The van der Waals surface area contributed by atoms with Crippen LogP contribution in [0.25, 0.3) is 0 Å². The zero-order chi connectivity index (χ0) is 26.5. The number of rotatable bonds is 14. The Morgan fingerprint density at radius 2 is 1.54 bits per heavy atom. The molecule has 2 amide bonds. The molecule has 1 atom stereocenters. The maximum atomic E-state index is 13.6. The smallest absolute Gasteiger partial charge is 0.269 e. The standard InChI is InChI=1S/C29H33N3O4S/c1-2-3-18-30-29(34)27(19-23-10-6-4-7-11-23)31(20-24-12-8-5-9-13-24)28(33)22-37-21-25-14-16-26(17-15-25)32(35)36/h4-17,27H,2-3,18-22H2,1H3,(H,30,34). The van der Waals surface area contributed by atoms with Crippen LogP contribution in [0.2, 0.25) is 0 Å². The van der Waals surface area contributed by atoms with Gasteiger partial charge in [-0.2, -0.15) is 0 Å². The average Bonchev–Trinajstić information content (AvgIpc) is 2.92. The maximum Gasteiger partial charge on any atom is 0.269 e. The van der Waals surface area contributed by atoms with Crippen molar-refractivity contribution >= 4 is 29.3 Å². The highest BCUT2D eigenvalue weighted by Crippen LogP contribution is 2.20. The van der Waals surface area contributed by atoms with Crippen LogP contribution in [0, 0.1) is 10.1 Å². The van der Waals surface area contributed by atoms with E-state index in [1.54, 1.807) is 17.0 Å². The number of nitro groups is 1. The first kappa shape index (κ1) is 27.9. The molecule has 37 heavy (non-hydrogen) atoms. The van der Waals surface area contributed by atoms with Crippen molar-refractivity contribution in [3.63, 3.8) is 0 Å². The number of thioether (sulfide) groups is 1. The van der Waals surface area contributed by atoms with Crippen LogP contribution < -0.4 is 5.32 Å². The van der Waals surface area contributed by atoms with E-state index >= 15 is 0 Å². The summed E-state index contributed by atoms with van der Waals surface area (Å²) in [5, 5.41) is 13.9. The molecule has 0 spiro atoms. The minimum atomic E-state index is -0.646. The fourth-order valence-electron chi connectivity index (χ4n) is 3.89. The van der Waals surface area contributed by atoms with Crippen molar-refractivity contribution < 1.29 is 14.5 Å². The van der Waals surface area contributed by atoms with E-state index in [0.29, 0.717) is 25.3 Å². The average molecular weight is 520 g/mol. The Morgan fingerprint density at radius 3 is 2.14 bits per heavy atom. The van der Waals surface area contributed by atoms with Gasteiger partial charge in [0.25, 0.3) is 5.69 Å². The van der Waals surface area contributed by atoms with Gasteiger partial charge in [-0.05, 0) is 23.1 Å². The molecule has 0 saturated heterocycles. The highest BCUT2D eigenvalue weighted by molar-refractivity contribution is 7.99. The van der Waals surface area contributed by atoms with E-state index in [1.165, 1.54) is 23.9 Å². The molecule has 0 aliphatic heterocycles. The van der Waals surface area contributed by atoms with E-state index in [9.17, 15) is 19.7 Å². The highest BCUT2D eigenvalue weighted by Gasteiger charge is 2.30. The number of nitro benzene ring substituents is 1. The van der Waals surface area contributed by atoms with Crippen LogP contribution in [0.5, 0.6) is 0 Å². The van der Waals surface area contributed by atoms with E-state index in [4.69, 9.17) is 0 Å². The van der Waals surface area contributed by atoms with E-state index in [-0.39, 0.29) is 23.3 Å². The van der Waals surface area contributed by atoms with Crippen LogP contribution in [-0.2, 0) is 28.3 Å². The third-order valence-electron chi connectivity index (χ3n) is 5.94. The molecule has 194 valence electrons. The number of nitrogens with zero attached hydrogens (tertiary/aromatic N) is 2. The van der Waals surface area contributed by atoms with Gasteiger partial charge < -0.3 is 10.2 Å². The molecule has 0 heterocycles. The predicted molar refractivity (Wildman–Crippen MR) is 148 cm³/mol. The van der Waals surface area contributed by atoms with E-state index in [0.717, 1.165) is 29.5 Å². The normalized spacial score (nSPS) is 11.5. The maximum absolute atomic E-state index is 13.6. The lowest BCUT2D eigenvalue weighted by atomic mass is 10.0. The molecule has 0 fully saturated rings. The molecule has 1 unspecified atom stereocenters. The van der Waals surface area contributed by atoms with Crippen molar-refractivity contribution in [2.45, 2.75) is 44.5 Å². The summed E-state index contributed by atoms with van der Waals surface area (Å²) in [7, 11) is 0. The molecule has 0 aliphatic rings. The topological polar surface area (TPSA) is 92.6 Å². The summed E-state index contributed by atoms with van der Waals surface area (Å²) in [5.41, 5.74) is 2.88. The number of carbonyl (C=O) groups is 2. The van der Waals surface area contributed by atoms with Gasteiger partial charge in [-0.15, -0.1) is 11.8 Å². The predicted octanol–water partition coefficient (Wildman–Crippen LogP) is 5.38. The Labute approximate surface area is 222 Å². The zero-order valence-electron chi connectivity index (χ0n) is 21.0. The summed E-state index contributed by atoms with van der Waals surface area (Å²) in [6, 6.07) is 25.1. The SMILES string of the molecule is CCCCNC(=O)C(Cc1ccccc1)N(Cc1ccccc1)C(=O)CSCc1ccc([N+](=O)[O-])cc1. The lowest BCUT2D eigenvalue weighted by molar-refractivity contribution is -0.384. The molecular weight excluding hydrogens is 486 g/mol. The van der Waals surface area contributed by atoms with Gasteiger partial charge >= 0.3 is 0 Å². The first-order chi connectivity index (χ1) is 18.0. The Balaban J connectivity index is 1.78. The van der Waals surface area contributed by atoms with E-state index in [2.05, 4.69) is 12.2 Å². The fraction of sp³-hybridized carbons (Fsp3) is 0.310. The molecule has 7 nitrogen and oxygen atoms in total. The summed E-state index contributed by atoms with van der Waals surface area (Å²) < 4.78 is 0. The number of carbonyl (C=O) groups excluding carboxylic acids is 2. The van der Waals surface area contributed by atoms with Gasteiger partial charge in [0.05, 0.1) is 10.7 Å². The van der Waals surface area contributed by atoms with Crippen molar-refractivity contribution in [1.82, 2.24) is 10.2 Å². The first-order valence-corrected chi connectivity index (χ1v) is 13.6. The Hall–Kier alpha value is -3.65. The van der Waals surface area contributed by atoms with Crippen molar-refractivity contribution in [3.05, 3.63) is 112 Å². The molecule has 0 aromatic heterocycles. The quantitative estimate of drug-likeness (QED) is 0.175. The third-order valence-corrected chi connectivity index (χ3v) is 6.93.